The van der Waals surface area contributed by atoms with Crippen LogP contribution in [0, 0.1) is 3.57 Å². The van der Waals surface area contributed by atoms with Crippen molar-refractivity contribution >= 4 is 22.6 Å². The molecule has 2 N–H and O–H groups in total. The molecule has 0 saturated carbocycles. The first-order valence-corrected chi connectivity index (χ1v) is 6.56. The lowest BCUT2D eigenvalue weighted by Crippen LogP contribution is -2.34. The topological polar surface area (TPSA) is 29.3 Å². The van der Waals surface area contributed by atoms with Crippen LogP contribution in [0.1, 0.15) is 18.4 Å². The number of hydrogen-bond donors (Lipinski definition) is 1. The summed E-state index contributed by atoms with van der Waals surface area (Å²) in [6.45, 7) is 3.05. The summed E-state index contributed by atoms with van der Waals surface area (Å²) in [4.78, 5) is 2.50. The summed E-state index contributed by atoms with van der Waals surface area (Å²) >= 11 is 2.34. The highest BCUT2D eigenvalue weighted by Crippen LogP contribution is 2.19. The van der Waals surface area contributed by atoms with Gasteiger partial charge in [0.1, 0.15) is 0 Å². The van der Waals surface area contributed by atoms with Gasteiger partial charge in [-0.2, -0.15) is 0 Å². The Hall–Kier alpha value is -0.130. The smallest absolute Gasteiger partial charge is 0.0237 e. The van der Waals surface area contributed by atoms with E-state index >= 15 is 0 Å². The Morgan fingerprint density at radius 1 is 1.33 bits per heavy atom. The predicted octanol–water partition coefficient (Wildman–Crippen LogP) is 2.21. The SMILES string of the molecule is NCC1CCCN1Cc1ccc(I)cc1. The fourth-order valence-electron chi connectivity index (χ4n) is 2.19. The van der Waals surface area contributed by atoms with Crippen LogP contribution in [-0.2, 0) is 6.54 Å². The molecule has 0 radical (unpaired) electrons. The van der Waals surface area contributed by atoms with Gasteiger partial charge in [-0.1, -0.05) is 12.1 Å². The van der Waals surface area contributed by atoms with E-state index in [9.17, 15) is 0 Å². The first kappa shape index (κ1) is 11.4. The number of hydrogen-bond acceptors (Lipinski definition) is 2. The van der Waals surface area contributed by atoms with Crippen molar-refractivity contribution in [3.05, 3.63) is 33.4 Å². The second kappa shape index (κ2) is 5.27. The number of halogens is 1. The zero-order valence-electron chi connectivity index (χ0n) is 8.82. The summed E-state index contributed by atoms with van der Waals surface area (Å²) in [7, 11) is 0. The molecule has 0 spiro atoms. The van der Waals surface area contributed by atoms with Crippen LogP contribution in [0.5, 0.6) is 0 Å². The van der Waals surface area contributed by atoms with Gasteiger partial charge in [-0.05, 0) is 59.7 Å². The van der Waals surface area contributed by atoms with E-state index in [-0.39, 0.29) is 0 Å². The molecule has 1 fully saturated rings. The summed E-state index contributed by atoms with van der Waals surface area (Å²) in [5.74, 6) is 0. The lowest BCUT2D eigenvalue weighted by atomic mass is 10.2. The van der Waals surface area contributed by atoms with E-state index in [1.165, 1.54) is 28.5 Å². The maximum Gasteiger partial charge on any atom is 0.0237 e. The van der Waals surface area contributed by atoms with E-state index < -0.39 is 0 Å². The molecular weight excluding hydrogens is 299 g/mol. The Morgan fingerprint density at radius 3 is 2.73 bits per heavy atom. The van der Waals surface area contributed by atoms with E-state index in [0.29, 0.717) is 6.04 Å². The molecule has 1 aliphatic heterocycles. The summed E-state index contributed by atoms with van der Waals surface area (Å²) in [6.07, 6.45) is 2.56. The third kappa shape index (κ3) is 2.92. The summed E-state index contributed by atoms with van der Waals surface area (Å²) in [6, 6.07) is 9.37. The molecule has 2 nitrogen and oxygen atoms in total. The van der Waals surface area contributed by atoms with E-state index in [0.717, 1.165) is 13.1 Å². The fraction of sp³-hybridized carbons (Fsp3) is 0.500. The summed E-state index contributed by atoms with van der Waals surface area (Å²) in [5.41, 5.74) is 7.16. The molecule has 15 heavy (non-hydrogen) atoms. The molecule has 1 aliphatic rings. The van der Waals surface area contributed by atoms with Crippen LogP contribution >= 0.6 is 22.6 Å². The second-order valence-corrected chi connectivity index (χ2v) is 5.37. The summed E-state index contributed by atoms with van der Waals surface area (Å²) < 4.78 is 1.30. The Labute approximate surface area is 105 Å². The molecule has 1 aromatic carbocycles. The van der Waals surface area contributed by atoms with Crippen molar-refractivity contribution in [1.82, 2.24) is 4.90 Å². The molecule has 1 atom stereocenters. The molecule has 3 heteroatoms. The van der Waals surface area contributed by atoms with Crippen molar-refractivity contribution in [2.45, 2.75) is 25.4 Å². The zero-order valence-corrected chi connectivity index (χ0v) is 11.0. The van der Waals surface area contributed by atoms with E-state index in [2.05, 4.69) is 51.8 Å². The van der Waals surface area contributed by atoms with Gasteiger partial charge in [-0.3, -0.25) is 4.90 Å². The quantitative estimate of drug-likeness (QED) is 0.867. The molecule has 0 aliphatic carbocycles. The molecule has 1 heterocycles. The number of nitrogens with zero attached hydrogens (tertiary/aromatic N) is 1. The molecule has 0 bridgehead atoms. The van der Waals surface area contributed by atoms with Crippen molar-refractivity contribution in [3.63, 3.8) is 0 Å². The van der Waals surface area contributed by atoms with Gasteiger partial charge in [0.25, 0.3) is 0 Å². The molecular formula is C12H17IN2. The van der Waals surface area contributed by atoms with E-state index in [1.54, 1.807) is 0 Å². The minimum Gasteiger partial charge on any atom is -0.329 e. The zero-order chi connectivity index (χ0) is 10.7. The summed E-state index contributed by atoms with van der Waals surface area (Å²) in [5, 5.41) is 0. The minimum atomic E-state index is 0.601. The fourth-order valence-corrected chi connectivity index (χ4v) is 2.55. The lowest BCUT2D eigenvalue weighted by Gasteiger charge is -2.23. The van der Waals surface area contributed by atoms with Crippen LogP contribution in [0.15, 0.2) is 24.3 Å². The van der Waals surface area contributed by atoms with Crippen LogP contribution in [-0.4, -0.2) is 24.0 Å². The molecule has 2 rings (SSSR count). The Balaban J connectivity index is 1.99. The van der Waals surface area contributed by atoms with Gasteiger partial charge in [0.2, 0.25) is 0 Å². The van der Waals surface area contributed by atoms with Gasteiger partial charge in [0.15, 0.2) is 0 Å². The number of likely N-dealkylation sites (tertiary alicyclic amines) is 1. The lowest BCUT2D eigenvalue weighted by molar-refractivity contribution is 0.250. The monoisotopic (exact) mass is 316 g/mol. The largest absolute Gasteiger partial charge is 0.329 e. The first-order chi connectivity index (χ1) is 7.29. The van der Waals surface area contributed by atoms with E-state index in [4.69, 9.17) is 5.73 Å². The van der Waals surface area contributed by atoms with E-state index in [1.807, 2.05) is 0 Å². The van der Waals surface area contributed by atoms with Crippen LogP contribution < -0.4 is 5.73 Å². The first-order valence-electron chi connectivity index (χ1n) is 5.48. The Kier molecular flexibility index (Phi) is 3.99. The Morgan fingerprint density at radius 2 is 2.07 bits per heavy atom. The highest BCUT2D eigenvalue weighted by atomic mass is 127. The minimum absolute atomic E-state index is 0.601. The molecule has 1 aromatic rings. The third-order valence-corrected chi connectivity index (χ3v) is 3.79. The highest BCUT2D eigenvalue weighted by Gasteiger charge is 2.22. The van der Waals surface area contributed by atoms with Crippen LogP contribution in [0.4, 0.5) is 0 Å². The molecule has 1 saturated heterocycles. The maximum absolute atomic E-state index is 5.76. The van der Waals surface area contributed by atoms with Crippen molar-refractivity contribution in [2.24, 2.45) is 5.73 Å². The third-order valence-electron chi connectivity index (χ3n) is 3.07. The van der Waals surface area contributed by atoms with Crippen LogP contribution in [0.3, 0.4) is 0 Å². The normalized spacial score (nSPS) is 22.1. The standard InChI is InChI=1S/C12H17IN2/c13-11-5-3-10(4-6-11)9-15-7-1-2-12(15)8-14/h3-6,12H,1-2,7-9,14H2. The van der Waals surface area contributed by atoms with Gasteiger partial charge in [-0.15, -0.1) is 0 Å². The number of nitrogens with two attached hydrogens (primary N) is 1. The molecule has 1 unspecified atom stereocenters. The number of rotatable bonds is 3. The maximum atomic E-state index is 5.76. The van der Waals surface area contributed by atoms with Crippen molar-refractivity contribution < 1.29 is 0 Å². The van der Waals surface area contributed by atoms with Crippen LogP contribution in [0.25, 0.3) is 0 Å². The molecule has 82 valence electrons. The van der Waals surface area contributed by atoms with Gasteiger partial charge in [-0.25, -0.2) is 0 Å². The van der Waals surface area contributed by atoms with Crippen molar-refractivity contribution in [2.75, 3.05) is 13.1 Å². The van der Waals surface area contributed by atoms with Crippen LogP contribution in [0.2, 0.25) is 0 Å². The predicted molar refractivity (Wildman–Crippen MR) is 71.6 cm³/mol. The average Bonchev–Trinajstić information content (AvgIpc) is 2.69. The van der Waals surface area contributed by atoms with Gasteiger partial charge >= 0.3 is 0 Å². The Bertz CT molecular complexity index is 310. The van der Waals surface area contributed by atoms with Crippen molar-refractivity contribution in [3.8, 4) is 0 Å². The van der Waals surface area contributed by atoms with Gasteiger partial charge < -0.3 is 5.73 Å². The van der Waals surface area contributed by atoms with Crippen molar-refractivity contribution in [1.29, 1.82) is 0 Å². The second-order valence-electron chi connectivity index (χ2n) is 4.13. The average molecular weight is 316 g/mol. The van der Waals surface area contributed by atoms with Gasteiger partial charge in [0.05, 0.1) is 0 Å². The molecule has 0 aromatic heterocycles. The number of benzene rings is 1. The molecule has 0 amide bonds. The highest BCUT2D eigenvalue weighted by molar-refractivity contribution is 14.1. The van der Waals surface area contributed by atoms with Gasteiger partial charge in [0, 0.05) is 22.7 Å².